The first-order valence-electron chi connectivity index (χ1n) is 10.5. The van der Waals surface area contributed by atoms with Gasteiger partial charge in [-0.2, -0.15) is 0 Å². The Labute approximate surface area is 183 Å². The molecule has 1 unspecified atom stereocenters. The highest BCUT2D eigenvalue weighted by Gasteiger charge is 2.31. The Balaban J connectivity index is 1.54. The van der Waals surface area contributed by atoms with Crippen molar-refractivity contribution in [3.8, 4) is 0 Å². The molecule has 2 aromatic rings. The van der Waals surface area contributed by atoms with E-state index in [2.05, 4.69) is 29.3 Å². The predicted molar refractivity (Wildman–Crippen MR) is 123 cm³/mol. The number of thioether (sulfide) groups is 1. The first kappa shape index (κ1) is 21.6. The summed E-state index contributed by atoms with van der Waals surface area (Å²) in [6.45, 7) is 3.03. The summed E-state index contributed by atoms with van der Waals surface area (Å²) in [6.07, 6.45) is 6.69. The molecule has 1 aliphatic heterocycles. The molecule has 0 aromatic heterocycles. The van der Waals surface area contributed by atoms with Crippen LogP contribution in [-0.4, -0.2) is 20.0 Å². The van der Waals surface area contributed by atoms with E-state index >= 15 is 0 Å². The van der Waals surface area contributed by atoms with Gasteiger partial charge in [0.25, 0.3) is 0 Å². The molecule has 0 radical (unpaired) electrons. The number of nitrogens with two attached hydrogens (primary N) is 2. The van der Waals surface area contributed by atoms with Crippen LogP contribution in [0.25, 0.3) is 0 Å². The van der Waals surface area contributed by atoms with Crippen molar-refractivity contribution < 1.29 is 8.42 Å². The molecule has 0 bridgehead atoms. The van der Waals surface area contributed by atoms with Crippen LogP contribution in [-0.2, 0) is 16.6 Å². The number of hydrogen-bond acceptors (Lipinski definition) is 6. The van der Waals surface area contributed by atoms with E-state index < -0.39 is 10.0 Å². The van der Waals surface area contributed by atoms with Crippen LogP contribution in [0.5, 0.6) is 0 Å². The fourth-order valence-electron chi connectivity index (χ4n) is 4.56. The van der Waals surface area contributed by atoms with Gasteiger partial charge >= 0.3 is 0 Å². The van der Waals surface area contributed by atoms with E-state index in [1.165, 1.54) is 49.4 Å². The molecule has 6 nitrogen and oxygen atoms in total. The highest BCUT2D eigenvalue weighted by molar-refractivity contribution is 8.00. The molecule has 30 heavy (non-hydrogen) atoms. The maximum Gasteiger partial charge on any atom is 0.238 e. The number of nitrogens with one attached hydrogen (secondary N) is 1. The van der Waals surface area contributed by atoms with Crippen molar-refractivity contribution in [2.75, 3.05) is 4.90 Å². The molecule has 2 aliphatic rings. The minimum Gasteiger partial charge on any atom is -0.315 e. The number of rotatable bonds is 7. The zero-order chi connectivity index (χ0) is 21.3. The molecule has 2 aromatic carbocycles. The maximum atomic E-state index is 11.7. The molecule has 2 atom stereocenters. The van der Waals surface area contributed by atoms with Crippen molar-refractivity contribution in [3.63, 3.8) is 0 Å². The van der Waals surface area contributed by atoms with Crippen molar-refractivity contribution in [3.05, 3.63) is 48.0 Å². The molecule has 162 valence electrons. The quantitative estimate of drug-likeness (QED) is 0.597. The van der Waals surface area contributed by atoms with Crippen LogP contribution in [0, 0.1) is 5.92 Å². The second-order valence-corrected chi connectivity index (χ2v) is 11.1. The Kier molecular flexibility index (Phi) is 6.41. The van der Waals surface area contributed by atoms with E-state index in [1.807, 2.05) is 12.1 Å². The summed E-state index contributed by atoms with van der Waals surface area (Å²) in [6, 6.07) is 13.7. The number of nitrogens with zero attached hydrogens (tertiary/aromatic N) is 1. The number of fused-ring (bicyclic) bond motifs is 1. The average Bonchev–Trinajstić information content (AvgIpc) is 3.32. The van der Waals surface area contributed by atoms with Gasteiger partial charge in [-0.3, -0.25) is 0 Å². The van der Waals surface area contributed by atoms with Crippen molar-refractivity contribution >= 4 is 33.2 Å². The molecule has 1 fully saturated rings. The Hall–Kier alpha value is -1.58. The Morgan fingerprint density at radius 1 is 1.17 bits per heavy atom. The van der Waals surface area contributed by atoms with Gasteiger partial charge < -0.3 is 16.0 Å². The van der Waals surface area contributed by atoms with E-state index in [4.69, 9.17) is 10.9 Å². The second kappa shape index (κ2) is 8.88. The summed E-state index contributed by atoms with van der Waals surface area (Å²) in [5.74, 6) is 0.853. The van der Waals surface area contributed by atoms with Gasteiger partial charge in [0.2, 0.25) is 10.0 Å². The van der Waals surface area contributed by atoms with Crippen LogP contribution in [0.15, 0.2) is 52.3 Å². The monoisotopic (exact) mass is 446 g/mol. The number of benzene rings is 2. The first-order valence-corrected chi connectivity index (χ1v) is 12.9. The lowest BCUT2D eigenvalue weighted by atomic mass is 9.99. The third-order valence-electron chi connectivity index (χ3n) is 6.08. The standard InChI is InChI=1S/C22H30N4O2S2/c1-15(12-16-6-2-3-7-16)25-14-17-8-4-5-9-19(17)26-20-11-10-18(30(24,27)28)13-21(20)29-22(26)23/h4-5,8-11,13,15-16,22,25H,2-3,6-7,12,14,23H2,1H3,(H2,24,27,28)/t15-,22?/m0/s1. The SMILES string of the molecule is C[C@@H](CC1CCCC1)NCc1ccccc1N1c2ccc(S(N)(=O)=O)cc2SC1N. The predicted octanol–water partition coefficient (Wildman–Crippen LogP) is 3.88. The summed E-state index contributed by atoms with van der Waals surface area (Å²) in [5, 5.41) is 8.98. The second-order valence-electron chi connectivity index (χ2n) is 8.35. The van der Waals surface area contributed by atoms with Gasteiger partial charge in [-0.1, -0.05) is 55.6 Å². The summed E-state index contributed by atoms with van der Waals surface area (Å²) in [5.41, 5.74) is 9.24. The smallest absolute Gasteiger partial charge is 0.238 e. The summed E-state index contributed by atoms with van der Waals surface area (Å²) >= 11 is 1.44. The van der Waals surface area contributed by atoms with Gasteiger partial charge in [0.05, 0.1) is 10.6 Å². The van der Waals surface area contributed by atoms with Crippen LogP contribution in [0.4, 0.5) is 11.4 Å². The highest BCUT2D eigenvalue weighted by Crippen LogP contribution is 2.47. The van der Waals surface area contributed by atoms with Crippen LogP contribution < -0.4 is 21.1 Å². The van der Waals surface area contributed by atoms with E-state index in [-0.39, 0.29) is 10.4 Å². The van der Waals surface area contributed by atoms with Gasteiger partial charge in [-0.15, -0.1) is 0 Å². The minimum atomic E-state index is -3.74. The molecule has 5 N–H and O–H groups in total. The minimum absolute atomic E-state index is 0.110. The van der Waals surface area contributed by atoms with Crippen LogP contribution in [0.1, 0.15) is 44.6 Å². The lowest BCUT2D eigenvalue weighted by molar-refractivity contribution is 0.404. The van der Waals surface area contributed by atoms with E-state index in [1.54, 1.807) is 18.2 Å². The molecular weight excluding hydrogens is 416 g/mol. The third-order valence-corrected chi connectivity index (χ3v) is 8.02. The number of para-hydroxylation sites is 1. The number of anilines is 2. The number of primary sulfonamides is 1. The summed E-state index contributed by atoms with van der Waals surface area (Å²) in [7, 11) is -3.74. The van der Waals surface area contributed by atoms with Crippen molar-refractivity contribution in [1.82, 2.24) is 5.32 Å². The number of hydrogen-bond donors (Lipinski definition) is 3. The molecular formula is C22H30N4O2S2. The normalized spacial score (nSPS) is 20.5. The van der Waals surface area contributed by atoms with Crippen molar-refractivity contribution in [2.24, 2.45) is 16.8 Å². The lowest BCUT2D eigenvalue weighted by Gasteiger charge is -2.27. The van der Waals surface area contributed by atoms with Crippen LogP contribution in [0.2, 0.25) is 0 Å². The van der Waals surface area contributed by atoms with E-state index in [0.717, 1.165) is 28.7 Å². The van der Waals surface area contributed by atoms with Crippen molar-refractivity contribution in [2.45, 2.75) is 66.9 Å². The molecule has 8 heteroatoms. The zero-order valence-electron chi connectivity index (χ0n) is 17.3. The summed E-state index contributed by atoms with van der Waals surface area (Å²) in [4.78, 5) is 3.01. The molecule has 1 saturated carbocycles. The molecule has 0 saturated heterocycles. The molecule has 1 aliphatic carbocycles. The highest BCUT2D eigenvalue weighted by atomic mass is 32.2. The van der Waals surface area contributed by atoms with E-state index in [0.29, 0.717) is 6.04 Å². The molecule has 1 heterocycles. The van der Waals surface area contributed by atoms with Crippen molar-refractivity contribution in [1.29, 1.82) is 0 Å². The lowest BCUT2D eigenvalue weighted by Crippen LogP contribution is -2.34. The van der Waals surface area contributed by atoms with Crippen LogP contribution in [0.3, 0.4) is 0 Å². The zero-order valence-corrected chi connectivity index (χ0v) is 18.9. The van der Waals surface area contributed by atoms with Gasteiger partial charge in [0.1, 0.15) is 5.50 Å². The van der Waals surface area contributed by atoms with E-state index in [9.17, 15) is 8.42 Å². The van der Waals surface area contributed by atoms with Crippen LogP contribution >= 0.6 is 11.8 Å². The van der Waals surface area contributed by atoms with Gasteiger partial charge in [0.15, 0.2) is 0 Å². The van der Waals surface area contributed by atoms with Gasteiger partial charge in [0, 0.05) is 23.2 Å². The fourth-order valence-corrected chi connectivity index (χ4v) is 6.25. The molecule has 0 spiro atoms. The number of sulfonamides is 1. The Morgan fingerprint density at radius 3 is 2.63 bits per heavy atom. The topological polar surface area (TPSA) is 101 Å². The van der Waals surface area contributed by atoms with Gasteiger partial charge in [-0.25, -0.2) is 13.6 Å². The maximum absolute atomic E-state index is 11.7. The molecule has 0 amide bonds. The Morgan fingerprint density at radius 2 is 1.90 bits per heavy atom. The molecule has 4 rings (SSSR count). The largest absolute Gasteiger partial charge is 0.315 e. The average molecular weight is 447 g/mol. The van der Waals surface area contributed by atoms with Gasteiger partial charge in [-0.05, 0) is 49.1 Å². The fraction of sp³-hybridized carbons (Fsp3) is 0.455. The Bertz CT molecular complexity index is 1010. The third kappa shape index (κ3) is 4.68. The first-order chi connectivity index (χ1) is 14.3. The summed E-state index contributed by atoms with van der Waals surface area (Å²) < 4.78 is 23.4.